The van der Waals surface area contributed by atoms with Crippen LogP contribution in [0.3, 0.4) is 0 Å². The molecule has 1 unspecified atom stereocenters. The number of carboxylic acids is 1. The fourth-order valence-corrected chi connectivity index (χ4v) is 3.36. The van der Waals surface area contributed by atoms with Crippen molar-refractivity contribution in [2.24, 2.45) is 0 Å². The summed E-state index contributed by atoms with van der Waals surface area (Å²) in [4.78, 5) is 23.2. The zero-order valence-corrected chi connectivity index (χ0v) is 12.2. The summed E-state index contributed by atoms with van der Waals surface area (Å²) in [5, 5.41) is 12.5. The molecule has 1 amide bonds. The highest BCUT2D eigenvalue weighted by Gasteiger charge is 2.42. The van der Waals surface area contributed by atoms with E-state index in [9.17, 15) is 14.7 Å². The molecule has 106 valence electrons. The van der Waals surface area contributed by atoms with E-state index in [4.69, 9.17) is 11.6 Å². The number of carbonyl (C=O) groups is 2. The number of carboxylic acid groups (broad SMARTS) is 1. The topological polar surface area (TPSA) is 66.4 Å². The third kappa shape index (κ3) is 3.55. The van der Waals surface area contributed by atoms with Gasteiger partial charge in [-0.25, -0.2) is 4.79 Å². The Labute approximate surface area is 126 Å². The zero-order valence-electron chi connectivity index (χ0n) is 10.6. The molecular weight excluding hydrogens is 298 g/mol. The summed E-state index contributed by atoms with van der Waals surface area (Å²) >= 11 is 7.30. The summed E-state index contributed by atoms with van der Waals surface area (Å²) in [6, 6.07) is 7.02. The van der Waals surface area contributed by atoms with E-state index < -0.39 is 17.4 Å². The van der Waals surface area contributed by atoms with Crippen molar-refractivity contribution in [3.8, 4) is 0 Å². The Kier molecular flexibility index (Phi) is 4.73. The van der Waals surface area contributed by atoms with E-state index >= 15 is 0 Å². The monoisotopic (exact) mass is 311 g/mol. The second-order valence-electron chi connectivity index (χ2n) is 4.56. The number of aliphatic carboxylic acids is 1. The number of hydrogen-bond acceptors (Lipinski definition) is 3. The fourth-order valence-electron chi connectivity index (χ4n) is 1.91. The van der Waals surface area contributed by atoms with Gasteiger partial charge in [-0.1, -0.05) is 23.7 Å². The molecule has 1 aliphatic rings. The Bertz CT molecular complexity index is 536. The molecule has 2 rings (SSSR count). The van der Waals surface area contributed by atoms with Gasteiger partial charge in [-0.3, -0.25) is 4.79 Å². The SMILES string of the molecule is O=C(C=Cc1ccc(Cl)cc1)NC1(C(=O)O)CCSC1. The number of amides is 1. The Morgan fingerprint density at radius 3 is 2.60 bits per heavy atom. The molecule has 1 heterocycles. The lowest BCUT2D eigenvalue weighted by atomic mass is 9.99. The van der Waals surface area contributed by atoms with Crippen molar-refractivity contribution in [3.05, 3.63) is 40.9 Å². The van der Waals surface area contributed by atoms with E-state index in [-0.39, 0.29) is 0 Å². The Hall–Kier alpha value is -1.46. The van der Waals surface area contributed by atoms with Crippen molar-refractivity contribution in [1.82, 2.24) is 5.32 Å². The Morgan fingerprint density at radius 1 is 1.35 bits per heavy atom. The first-order valence-corrected chi connectivity index (χ1v) is 7.62. The van der Waals surface area contributed by atoms with Crippen molar-refractivity contribution >= 4 is 41.3 Å². The van der Waals surface area contributed by atoms with Crippen molar-refractivity contribution in [2.75, 3.05) is 11.5 Å². The molecule has 1 saturated heterocycles. The first-order chi connectivity index (χ1) is 9.52. The van der Waals surface area contributed by atoms with Gasteiger partial charge < -0.3 is 10.4 Å². The van der Waals surface area contributed by atoms with Gasteiger partial charge in [0.2, 0.25) is 5.91 Å². The Balaban J connectivity index is 2.01. The van der Waals surface area contributed by atoms with E-state index in [1.807, 2.05) is 0 Å². The average molecular weight is 312 g/mol. The first-order valence-electron chi connectivity index (χ1n) is 6.09. The van der Waals surface area contributed by atoms with Crippen LogP contribution in [0.1, 0.15) is 12.0 Å². The molecule has 0 aliphatic carbocycles. The van der Waals surface area contributed by atoms with E-state index in [2.05, 4.69) is 5.32 Å². The molecule has 1 fully saturated rings. The third-order valence-electron chi connectivity index (χ3n) is 3.09. The first kappa shape index (κ1) is 14.9. The molecule has 1 aliphatic heterocycles. The van der Waals surface area contributed by atoms with E-state index in [0.717, 1.165) is 11.3 Å². The van der Waals surface area contributed by atoms with Crippen LogP contribution >= 0.6 is 23.4 Å². The van der Waals surface area contributed by atoms with Crippen molar-refractivity contribution in [2.45, 2.75) is 12.0 Å². The van der Waals surface area contributed by atoms with Gasteiger partial charge in [0.25, 0.3) is 0 Å². The lowest BCUT2D eigenvalue weighted by Gasteiger charge is -2.23. The van der Waals surface area contributed by atoms with E-state index in [0.29, 0.717) is 17.2 Å². The number of carbonyl (C=O) groups excluding carboxylic acids is 1. The summed E-state index contributed by atoms with van der Waals surface area (Å²) in [5.41, 5.74) is -0.304. The van der Waals surface area contributed by atoms with Crippen LogP contribution in [0.15, 0.2) is 30.3 Å². The smallest absolute Gasteiger partial charge is 0.330 e. The molecule has 6 heteroatoms. The minimum Gasteiger partial charge on any atom is -0.479 e. The quantitative estimate of drug-likeness (QED) is 0.838. The predicted molar refractivity (Wildman–Crippen MR) is 80.9 cm³/mol. The zero-order chi connectivity index (χ0) is 14.6. The number of nitrogens with one attached hydrogen (secondary N) is 1. The lowest BCUT2D eigenvalue weighted by molar-refractivity contribution is -0.145. The van der Waals surface area contributed by atoms with Crippen LogP contribution in [0.25, 0.3) is 6.08 Å². The molecule has 20 heavy (non-hydrogen) atoms. The van der Waals surface area contributed by atoms with Gasteiger partial charge in [0.05, 0.1) is 0 Å². The second kappa shape index (κ2) is 6.33. The highest BCUT2D eigenvalue weighted by Crippen LogP contribution is 2.28. The van der Waals surface area contributed by atoms with Gasteiger partial charge in [-0.15, -0.1) is 0 Å². The molecular formula is C14H14ClNO3S. The molecule has 2 N–H and O–H groups in total. The Morgan fingerprint density at radius 2 is 2.05 bits per heavy atom. The van der Waals surface area contributed by atoms with Gasteiger partial charge in [0, 0.05) is 16.9 Å². The van der Waals surface area contributed by atoms with Crippen LogP contribution in [0.5, 0.6) is 0 Å². The van der Waals surface area contributed by atoms with Gasteiger partial charge in [-0.05, 0) is 35.9 Å². The van der Waals surface area contributed by atoms with E-state index in [1.54, 1.807) is 30.3 Å². The van der Waals surface area contributed by atoms with Crippen LogP contribution in [0, 0.1) is 0 Å². The largest absolute Gasteiger partial charge is 0.479 e. The van der Waals surface area contributed by atoms with Crippen molar-refractivity contribution < 1.29 is 14.7 Å². The van der Waals surface area contributed by atoms with Gasteiger partial charge >= 0.3 is 5.97 Å². The summed E-state index contributed by atoms with van der Waals surface area (Å²) < 4.78 is 0. The minimum absolute atomic E-state index is 0.398. The normalized spacial score (nSPS) is 22.1. The van der Waals surface area contributed by atoms with Crippen LogP contribution in [-0.4, -0.2) is 34.0 Å². The number of rotatable bonds is 4. The number of benzene rings is 1. The van der Waals surface area contributed by atoms with Crippen LogP contribution in [0.2, 0.25) is 5.02 Å². The van der Waals surface area contributed by atoms with Crippen LogP contribution in [-0.2, 0) is 9.59 Å². The predicted octanol–water partition coefficient (Wildman–Crippen LogP) is 2.43. The minimum atomic E-state index is -1.13. The summed E-state index contributed by atoms with van der Waals surface area (Å²) in [6.07, 6.45) is 3.42. The average Bonchev–Trinajstić information content (AvgIpc) is 2.88. The number of hydrogen-bond donors (Lipinski definition) is 2. The van der Waals surface area contributed by atoms with Gasteiger partial charge in [-0.2, -0.15) is 11.8 Å². The highest BCUT2D eigenvalue weighted by molar-refractivity contribution is 7.99. The maximum Gasteiger partial charge on any atom is 0.330 e. The maximum absolute atomic E-state index is 11.9. The van der Waals surface area contributed by atoms with Crippen LogP contribution in [0.4, 0.5) is 0 Å². The molecule has 1 aromatic carbocycles. The van der Waals surface area contributed by atoms with Gasteiger partial charge in [0.15, 0.2) is 0 Å². The molecule has 1 aromatic rings. The molecule has 0 bridgehead atoms. The molecule has 0 spiro atoms. The molecule has 0 radical (unpaired) electrons. The molecule has 0 saturated carbocycles. The summed E-state index contributed by atoms with van der Waals surface area (Å²) in [5.74, 6) is -0.225. The molecule has 0 aromatic heterocycles. The third-order valence-corrected chi connectivity index (χ3v) is 4.53. The standard InChI is InChI=1S/C14H14ClNO3S/c15-11-4-1-10(2-5-11)3-6-12(17)16-14(13(18)19)7-8-20-9-14/h1-6H,7-9H2,(H,16,17)(H,18,19). The second-order valence-corrected chi connectivity index (χ2v) is 6.11. The summed E-state index contributed by atoms with van der Waals surface area (Å²) in [6.45, 7) is 0. The van der Waals surface area contributed by atoms with Crippen molar-refractivity contribution in [1.29, 1.82) is 0 Å². The lowest BCUT2D eigenvalue weighted by Crippen LogP contribution is -2.54. The molecule has 4 nitrogen and oxygen atoms in total. The van der Waals surface area contributed by atoms with Crippen molar-refractivity contribution in [3.63, 3.8) is 0 Å². The van der Waals surface area contributed by atoms with Gasteiger partial charge in [0.1, 0.15) is 5.54 Å². The number of thioether (sulfide) groups is 1. The molecule has 1 atom stereocenters. The fraction of sp³-hybridized carbons (Fsp3) is 0.286. The van der Waals surface area contributed by atoms with E-state index in [1.165, 1.54) is 17.8 Å². The van der Waals surface area contributed by atoms with Crippen LogP contribution < -0.4 is 5.32 Å². The number of halogens is 1. The maximum atomic E-state index is 11.9. The highest BCUT2D eigenvalue weighted by atomic mass is 35.5. The summed E-state index contributed by atoms with van der Waals surface area (Å²) in [7, 11) is 0.